The summed E-state index contributed by atoms with van der Waals surface area (Å²) in [6.45, 7) is 14.4. The highest BCUT2D eigenvalue weighted by Gasteiger charge is 2.25. The van der Waals surface area contributed by atoms with Crippen LogP contribution in [0.1, 0.15) is 61.3 Å². The Balaban J connectivity index is -0.000000831. The van der Waals surface area contributed by atoms with E-state index in [1.807, 2.05) is 13.8 Å². The predicted octanol–water partition coefficient (Wildman–Crippen LogP) is 1.64. The SMILES string of the molecule is CC(C)C.CCC.CCC(C)C(NC(=O)CNCC(N)CS)C(=O)NCC(=O)O. The van der Waals surface area contributed by atoms with Crippen molar-refractivity contribution in [3.8, 4) is 0 Å². The Morgan fingerprint density at radius 3 is 1.90 bits per heavy atom. The van der Waals surface area contributed by atoms with Crippen LogP contribution in [-0.4, -0.2) is 60.4 Å². The fraction of sp³-hybridized carbons (Fsp3) is 0.850. The molecule has 3 unspecified atom stereocenters. The van der Waals surface area contributed by atoms with Crippen LogP contribution in [0.25, 0.3) is 0 Å². The lowest BCUT2D eigenvalue weighted by atomic mass is 9.98. The average molecular weight is 437 g/mol. The molecular weight excluding hydrogens is 392 g/mol. The van der Waals surface area contributed by atoms with Crippen molar-refractivity contribution in [1.82, 2.24) is 16.0 Å². The number of nitrogens with one attached hydrogen (secondary N) is 3. The number of carbonyl (C=O) groups is 3. The highest BCUT2D eigenvalue weighted by atomic mass is 32.1. The maximum atomic E-state index is 12.0. The van der Waals surface area contributed by atoms with Gasteiger partial charge in [-0.3, -0.25) is 14.4 Å². The number of amides is 2. The van der Waals surface area contributed by atoms with Gasteiger partial charge >= 0.3 is 5.97 Å². The van der Waals surface area contributed by atoms with E-state index in [9.17, 15) is 14.4 Å². The van der Waals surface area contributed by atoms with Gasteiger partial charge in [0.15, 0.2) is 0 Å². The Bertz CT molecular complexity index is 434. The molecule has 9 heteroatoms. The van der Waals surface area contributed by atoms with Gasteiger partial charge in [-0.1, -0.05) is 61.3 Å². The Morgan fingerprint density at radius 1 is 1.03 bits per heavy atom. The van der Waals surface area contributed by atoms with Crippen LogP contribution >= 0.6 is 12.6 Å². The molecular formula is C20H44N4O4S. The molecule has 6 N–H and O–H groups in total. The van der Waals surface area contributed by atoms with E-state index in [1.54, 1.807) is 0 Å². The lowest BCUT2D eigenvalue weighted by molar-refractivity contribution is -0.138. The standard InChI is InChI=1S/C13H26N4O4S.C4H10.C3H8/c1-3-8(2)12(13(21)16-6-11(19)20)17-10(18)5-15-4-9(14)7-22;1-4(2)3;1-3-2/h8-9,12,15,22H,3-7,14H2,1-2H3,(H,16,21)(H,17,18)(H,19,20);4H,1-3H3;3H2,1-2H3. The summed E-state index contributed by atoms with van der Waals surface area (Å²) in [7, 11) is 0. The minimum atomic E-state index is -1.13. The lowest BCUT2D eigenvalue weighted by Gasteiger charge is -2.23. The van der Waals surface area contributed by atoms with Gasteiger partial charge in [0, 0.05) is 18.3 Å². The molecule has 0 saturated carbocycles. The zero-order chi connectivity index (χ0) is 23.4. The molecule has 0 aliphatic heterocycles. The molecule has 0 rings (SSSR count). The van der Waals surface area contributed by atoms with Crippen molar-refractivity contribution in [1.29, 1.82) is 0 Å². The van der Waals surface area contributed by atoms with Crippen molar-refractivity contribution in [2.45, 2.75) is 73.4 Å². The van der Waals surface area contributed by atoms with E-state index >= 15 is 0 Å². The number of aliphatic carboxylic acids is 1. The number of carboxylic acid groups (broad SMARTS) is 1. The number of carbonyl (C=O) groups excluding carboxylic acids is 2. The first-order valence-corrected chi connectivity index (χ1v) is 11.0. The van der Waals surface area contributed by atoms with E-state index in [0.717, 1.165) is 5.92 Å². The van der Waals surface area contributed by atoms with Gasteiger partial charge in [-0.2, -0.15) is 12.6 Å². The number of thiol groups is 1. The predicted molar refractivity (Wildman–Crippen MR) is 123 cm³/mol. The second-order valence-corrected chi connectivity index (χ2v) is 7.92. The van der Waals surface area contributed by atoms with Gasteiger partial charge in [-0.25, -0.2) is 0 Å². The average Bonchev–Trinajstić information content (AvgIpc) is 2.63. The molecule has 0 aliphatic rings. The molecule has 0 aliphatic carbocycles. The van der Waals surface area contributed by atoms with Crippen molar-refractivity contribution in [3.63, 3.8) is 0 Å². The van der Waals surface area contributed by atoms with Crippen molar-refractivity contribution < 1.29 is 19.5 Å². The number of carboxylic acids is 1. The van der Waals surface area contributed by atoms with Gasteiger partial charge in [-0.05, 0) is 11.8 Å². The number of hydrogen-bond acceptors (Lipinski definition) is 6. The maximum Gasteiger partial charge on any atom is 0.322 e. The molecule has 0 aromatic heterocycles. The Morgan fingerprint density at radius 2 is 1.52 bits per heavy atom. The Labute approximate surface area is 182 Å². The fourth-order valence-corrected chi connectivity index (χ4v) is 1.76. The molecule has 0 radical (unpaired) electrons. The summed E-state index contributed by atoms with van der Waals surface area (Å²) in [5.41, 5.74) is 5.66. The van der Waals surface area contributed by atoms with Gasteiger partial charge < -0.3 is 26.8 Å². The van der Waals surface area contributed by atoms with Crippen molar-refractivity contribution in [3.05, 3.63) is 0 Å². The fourth-order valence-electron chi connectivity index (χ4n) is 1.63. The first-order valence-electron chi connectivity index (χ1n) is 10.3. The molecule has 0 saturated heterocycles. The molecule has 2 amide bonds. The molecule has 0 bridgehead atoms. The largest absolute Gasteiger partial charge is 0.480 e. The van der Waals surface area contributed by atoms with Crippen LogP contribution in [-0.2, 0) is 14.4 Å². The third-order valence-electron chi connectivity index (χ3n) is 3.15. The Hall–Kier alpha value is -1.32. The molecule has 3 atom stereocenters. The second kappa shape index (κ2) is 21.4. The second-order valence-electron chi connectivity index (χ2n) is 7.55. The van der Waals surface area contributed by atoms with Crippen molar-refractivity contribution in [2.75, 3.05) is 25.4 Å². The molecule has 0 heterocycles. The highest BCUT2D eigenvalue weighted by Crippen LogP contribution is 2.07. The van der Waals surface area contributed by atoms with E-state index in [-0.39, 0.29) is 24.4 Å². The van der Waals surface area contributed by atoms with E-state index < -0.39 is 24.5 Å². The van der Waals surface area contributed by atoms with E-state index in [4.69, 9.17) is 10.8 Å². The van der Waals surface area contributed by atoms with Crippen LogP contribution in [0.4, 0.5) is 0 Å². The van der Waals surface area contributed by atoms with E-state index in [1.165, 1.54) is 6.42 Å². The van der Waals surface area contributed by atoms with Crippen LogP contribution in [0, 0.1) is 11.8 Å². The summed E-state index contributed by atoms with van der Waals surface area (Å²) < 4.78 is 0. The molecule has 29 heavy (non-hydrogen) atoms. The molecule has 0 spiro atoms. The first kappa shape index (κ1) is 32.3. The van der Waals surface area contributed by atoms with Crippen LogP contribution in [0.3, 0.4) is 0 Å². The summed E-state index contributed by atoms with van der Waals surface area (Å²) in [5, 5.41) is 16.4. The normalized spacial score (nSPS) is 13.0. The minimum absolute atomic E-state index is 0.0284. The van der Waals surface area contributed by atoms with E-state index in [2.05, 4.69) is 63.2 Å². The number of nitrogens with two attached hydrogens (primary N) is 1. The quantitative estimate of drug-likeness (QED) is 0.273. The molecule has 0 fully saturated rings. The summed E-state index contributed by atoms with van der Waals surface area (Å²) >= 11 is 4.04. The molecule has 0 aromatic carbocycles. The van der Waals surface area contributed by atoms with Crippen molar-refractivity contribution in [2.24, 2.45) is 17.6 Å². The number of hydrogen-bond donors (Lipinski definition) is 6. The van der Waals surface area contributed by atoms with Crippen molar-refractivity contribution >= 4 is 30.4 Å². The highest BCUT2D eigenvalue weighted by molar-refractivity contribution is 7.80. The third kappa shape index (κ3) is 24.6. The number of rotatable bonds is 11. The van der Waals surface area contributed by atoms with E-state index in [0.29, 0.717) is 18.7 Å². The van der Waals surface area contributed by atoms with Gasteiger partial charge in [0.2, 0.25) is 11.8 Å². The minimum Gasteiger partial charge on any atom is -0.480 e. The monoisotopic (exact) mass is 436 g/mol. The molecule has 0 aromatic rings. The van der Waals surface area contributed by atoms with Gasteiger partial charge in [0.25, 0.3) is 0 Å². The molecule has 174 valence electrons. The summed E-state index contributed by atoms with van der Waals surface area (Å²) in [4.78, 5) is 34.3. The van der Waals surface area contributed by atoms with Crippen LogP contribution in [0.15, 0.2) is 0 Å². The topological polar surface area (TPSA) is 134 Å². The van der Waals surface area contributed by atoms with Crippen LogP contribution < -0.4 is 21.7 Å². The van der Waals surface area contributed by atoms with Crippen LogP contribution in [0.5, 0.6) is 0 Å². The lowest BCUT2D eigenvalue weighted by Crippen LogP contribution is -2.53. The first-order chi connectivity index (χ1) is 13.5. The summed E-state index contributed by atoms with van der Waals surface area (Å²) in [5.74, 6) is -0.761. The third-order valence-corrected chi connectivity index (χ3v) is 3.62. The Kier molecular flexibility index (Phi) is 23.9. The zero-order valence-corrected chi connectivity index (χ0v) is 20.1. The van der Waals surface area contributed by atoms with Gasteiger partial charge in [-0.15, -0.1) is 0 Å². The van der Waals surface area contributed by atoms with Gasteiger partial charge in [0.1, 0.15) is 12.6 Å². The summed E-state index contributed by atoms with van der Waals surface area (Å²) in [6.07, 6.45) is 1.92. The zero-order valence-electron chi connectivity index (χ0n) is 19.2. The van der Waals surface area contributed by atoms with Gasteiger partial charge in [0.05, 0.1) is 6.54 Å². The molecule has 8 nitrogen and oxygen atoms in total. The van der Waals surface area contributed by atoms with Crippen LogP contribution in [0.2, 0.25) is 0 Å². The maximum absolute atomic E-state index is 12.0. The summed E-state index contributed by atoms with van der Waals surface area (Å²) in [6, 6.07) is -0.919. The smallest absolute Gasteiger partial charge is 0.322 e.